The maximum atomic E-state index is 13.4. The third-order valence-electron chi connectivity index (χ3n) is 7.27. The van der Waals surface area contributed by atoms with Crippen LogP contribution in [0, 0.1) is 13.8 Å². The lowest BCUT2D eigenvalue weighted by Crippen LogP contribution is -2.58. The van der Waals surface area contributed by atoms with Crippen molar-refractivity contribution < 1.29 is 28.6 Å². The van der Waals surface area contributed by atoms with Gasteiger partial charge in [-0.1, -0.05) is 6.07 Å². The number of fused-ring (bicyclic) bond motifs is 7. The van der Waals surface area contributed by atoms with Crippen LogP contribution in [0.1, 0.15) is 44.0 Å². The number of nitrogens with one attached hydrogen (secondary N) is 3. The first-order chi connectivity index (χ1) is 19.7. The van der Waals surface area contributed by atoms with Crippen LogP contribution in [-0.2, 0) is 11.3 Å². The number of aromatic nitrogens is 1. The lowest BCUT2D eigenvalue weighted by molar-refractivity contribution is -0.123. The third-order valence-corrected chi connectivity index (χ3v) is 7.27. The highest BCUT2D eigenvalue weighted by atomic mass is 16.5. The summed E-state index contributed by atoms with van der Waals surface area (Å²) >= 11 is 0. The van der Waals surface area contributed by atoms with Crippen LogP contribution in [0.5, 0.6) is 17.2 Å². The van der Waals surface area contributed by atoms with Gasteiger partial charge in [-0.2, -0.15) is 0 Å². The molecule has 0 unspecified atom stereocenters. The molecule has 3 aliphatic rings. The van der Waals surface area contributed by atoms with E-state index >= 15 is 0 Å². The zero-order valence-corrected chi connectivity index (χ0v) is 23.1. The quantitative estimate of drug-likeness (QED) is 0.436. The summed E-state index contributed by atoms with van der Waals surface area (Å²) in [6, 6.07) is 12.9. The number of amides is 3. The largest absolute Gasteiger partial charge is 0.496 e. The second-order valence-corrected chi connectivity index (χ2v) is 10.2. The molecule has 4 bridgehead atoms. The lowest BCUT2D eigenvalue weighted by atomic mass is 10.00. The first-order valence-electron chi connectivity index (χ1n) is 13.4. The van der Waals surface area contributed by atoms with E-state index < -0.39 is 29.5 Å². The summed E-state index contributed by atoms with van der Waals surface area (Å²) in [6.45, 7) is 4.02. The highest BCUT2D eigenvalue weighted by Crippen LogP contribution is 2.28. The van der Waals surface area contributed by atoms with Crippen LogP contribution in [0.15, 0.2) is 53.3 Å². The predicted octanol–water partition coefficient (Wildman–Crippen LogP) is 2.10. The first-order valence-corrected chi connectivity index (χ1v) is 13.4. The van der Waals surface area contributed by atoms with E-state index in [4.69, 9.17) is 14.2 Å². The molecule has 214 valence electrons. The molecule has 2 atom stereocenters. The average Bonchev–Trinajstić information content (AvgIpc) is 2.96. The van der Waals surface area contributed by atoms with E-state index in [9.17, 15) is 19.2 Å². The Morgan fingerprint density at radius 2 is 1.88 bits per heavy atom. The number of aryl methyl sites for hydroxylation is 2. The van der Waals surface area contributed by atoms with E-state index in [1.807, 2.05) is 6.92 Å². The third kappa shape index (κ3) is 6.19. The van der Waals surface area contributed by atoms with Crippen molar-refractivity contribution in [3.8, 4) is 17.2 Å². The van der Waals surface area contributed by atoms with Crippen LogP contribution in [-0.4, -0.2) is 66.6 Å². The number of H-pyrrole nitrogens is 1. The Morgan fingerprint density at radius 3 is 2.66 bits per heavy atom. The summed E-state index contributed by atoms with van der Waals surface area (Å²) in [6.07, 6.45) is -0.0746. The molecule has 3 amide bonds. The number of aromatic amines is 1. The molecule has 2 aromatic carbocycles. The zero-order chi connectivity index (χ0) is 29.1. The molecule has 3 N–H and O–H groups in total. The summed E-state index contributed by atoms with van der Waals surface area (Å²) in [5.74, 6) is 0.317. The van der Waals surface area contributed by atoms with Crippen molar-refractivity contribution in [2.24, 2.45) is 0 Å². The van der Waals surface area contributed by atoms with Crippen molar-refractivity contribution >= 4 is 17.7 Å². The summed E-state index contributed by atoms with van der Waals surface area (Å²) in [4.78, 5) is 55.9. The number of pyridine rings is 1. The second kappa shape index (κ2) is 11.7. The highest BCUT2D eigenvalue weighted by Gasteiger charge is 2.35. The topological polar surface area (TPSA) is 139 Å². The molecule has 4 heterocycles. The van der Waals surface area contributed by atoms with Crippen molar-refractivity contribution in [2.45, 2.75) is 39.0 Å². The summed E-state index contributed by atoms with van der Waals surface area (Å²) in [5, 5.41) is 5.84. The van der Waals surface area contributed by atoms with Crippen molar-refractivity contribution in [3.63, 3.8) is 0 Å². The predicted molar refractivity (Wildman–Crippen MR) is 150 cm³/mol. The lowest BCUT2D eigenvalue weighted by Gasteiger charge is -2.38. The Balaban J connectivity index is 1.47. The Kier molecular flexibility index (Phi) is 7.95. The molecule has 1 saturated heterocycles. The summed E-state index contributed by atoms with van der Waals surface area (Å²) in [5.41, 5.74) is 2.08. The molecule has 0 saturated carbocycles. The van der Waals surface area contributed by atoms with Gasteiger partial charge in [0, 0.05) is 48.9 Å². The fourth-order valence-corrected chi connectivity index (χ4v) is 4.96. The van der Waals surface area contributed by atoms with Crippen molar-refractivity contribution in [2.75, 3.05) is 26.8 Å². The maximum Gasteiger partial charge on any atom is 0.260 e. The van der Waals surface area contributed by atoms with E-state index in [2.05, 4.69) is 15.6 Å². The number of ether oxygens (including phenoxy) is 3. The number of methoxy groups -OCH3 is 1. The van der Waals surface area contributed by atoms with Gasteiger partial charge in [-0.05, 0) is 55.8 Å². The molecule has 11 nitrogen and oxygen atoms in total. The Morgan fingerprint density at radius 1 is 1.05 bits per heavy atom. The normalized spacial score (nSPS) is 19.1. The second-order valence-electron chi connectivity index (χ2n) is 10.2. The van der Waals surface area contributed by atoms with Gasteiger partial charge in [0.05, 0.1) is 13.2 Å². The standard InChI is InChI=1S/C30H32N4O7/c1-17-4-6-19-12-25(17)40-16-27(35)31-14-20-7-8-21(13-26(20)39-3)41-24-10-11-34(15-23(24)33-28(19)36)30(38)22-9-5-18(2)32-29(22)37/h4-9,12-13,23-24H,10-11,14-16H2,1-3H3,(H,31,35)(H,32,37)(H,33,36)/t23-,24+/m0/s1. The van der Waals surface area contributed by atoms with Crippen molar-refractivity contribution in [1.82, 2.24) is 20.5 Å². The number of nitrogens with zero attached hydrogens (tertiary/aromatic N) is 1. The van der Waals surface area contributed by atoms with Crippen molar-refractivity contribution in [1.29, 1.82) is 0 Å². The molecular weight excluding hydrogens is 528 g/mol. The number of benzene rings is 2. The number of rotatable bonds is 2. The number of hydrogen-bond donors (Lipinski definition) is 3. The average molecular weight is 561 g/mol. The maximum absolute atomic E-state index is 13.4. The SMILES string of the molecule is COc1cc2ccc1CNC(=O)COc1cc(ccc1C)C(=O)N[C@H]1CN(C(=O)c3ccc(C)[nH]c3=O)CC[C@H]1O2. The van der Waals surface area contributed by atoms with Gasteiger partial charge >= 0.3 is 0 Å². The zero-order valence-electron chi connectivity index (χ0n) is 23.1. The Hall–Kier alpha value is -4.80. The molecule has 0 spiro atoms. The van der Waals surface area contributed by atoms with Gasteiger partial charge in [0.1, 0.15) is 28.9 Å². The van der Waals surface area contributed by atoms with Crippen molar-refractivity contribution in [3.05, 3.63) is 86.8 Å². The van der Waals surface area contributed by atoms with Crippen LogP contribution in [0.2, 0.25) is 0 Å². The molecule has 0 radical (unpaired) electrons. The molecule has 0 aliphatic carbocycles. The highest BCUT2D eigenvalue weighted by molar-refractivity contribution is 5.96. The van der Waals surface area contributed by atoms with Crippen LogP contribution >= 0.6 is 0 Å². The van der Waals surface area contributed by atoms with E-state index in [0.717, 1.165) is 11.1 Å². The van der Waals surface area contributed by atoms with Crippen LogP contribution in [0.3, 0.4) is 0 Å². The molecular formula is C30H32N4O7. The minimum absolute atomic E-state index is 0.0365. The van der Waals surface area contributed by atoms with E-state index in [0.29, 0.717) is 41.5 Å². The fraction of sp³-hybridized carbons (Fsp3) is 0.333. The van der Waals surface area contributed by atoms with Gasteiger partial charge in [-0.25, -0.2) is 0 Å². The van der Waals surface area contributed by atoms with Gasteiger partial charge in [0.2, 0.25) is 0 Å². The molecule has 41 heavy (non-hydrogen) atoms. The number of piperidine rings is 1. The van der Waals surface area contributed by atoms with Gasteiger partial charge < -0.3 is 34.7 Å². The Labute approximate surface area is 236 Å². The number of hydrogen-bond acceptors (Lipinski definition) is 7. The van der Waals surface area contributed by atoms with Crippen LogP contribution < -0.4 is 30.4 Å². The van der Waals surface area contributed by atoms with E-state index in [-0.39, 0.29) is 31.2 Å². The van der Waals surface area contributed by atoms with E-state index in [1.54, 1.807) is 54.3 Å². The summed E-state index contributed by atoms with van der Waals surface area (Å²) < 4.78 is 17.6. The molecule has 3 aromatic rings. The molecule has 1 fully saturated rings. The minimum Gasteiger partial charge on any atom is -0.496 e. The van der Waals surface area contributed by atoms with Gasteiger partial charge in [-0.15, -0.1) is 0 Å². The van der Waals surface area contributed by atoms with Gasteiger partial charge in [0.15, 0.2) is 6.61 Å². The molecule has 1 aromatic heterocycles. The first kappa shape index (κ1) is 27.8. The molecule has 6 rings (SSSR count). The number of carbonyl (C=O) groups is 3. The molecule has 11 heteroatoms. The van der Waals surface area contributed by atoms with Gasteiger partial charge in [0.25, 0.3) is 23.3 Å². The Bertz CT molecular complexity index is 1550. The van der Waals surface area contributed by atoms with E-state index in [1.165, 1.54) is 13.2 Å². The number of likely N-dealkylation sites (tertiary alicyclic amines) is 1. The smallest absolute Gasteiger partial charge is 0.260 e. The summed E-state index contributed by atoms with van der Waals surface area (Å²) in [7, 11) is 1.53. The monoisotopic (exact) mass is 560 g/mol. The number of carbonyl (C=O) groups excluding carboxylic acids is 3. The fourth-order valence-electron chi connectivity index (χ4n) is 4.96. The van der Waals surface area contributed by atoms with Crippen LogP contribution in [0.4, 0.5) is 0 Å². The minimum atomic E-state index is -0.597. The van der Waals surface area contributed by atoms with Gasteiger partial charge in [-0.3, -0.25) is 19.2 Å². The van der Waals surface area contributed by atoms with Crippen LogP contribution in [0.25, 0.3) is 0 Å². The molecule has 3 aliphatic heterocycles.